The molecule has 0 bridgehead atoms. The molecule has 0 saturated carbocycles. The van der Waals surface area contributed by atoms with Gasteiger partial charge in [0, 0.05) is 5.69 Å². The van der Waals surface area contributed by atoms with Gasteiger partial charge in [-0.3, -0.25) is 4.79 Å². The maximum atomic E-state index is 11.7. The quantitative estimate of drug-likeness (QED) is 0.761. The summed E-state index contributed by atoms with van der Waals surface area (Å²) in [6, 6.07) is 13.4. The van der Waals surface area contributed by atoms with Crippen LogP contribution in [0, 0.1) is 0 Å². The van der Waals surface area contributed by atoms with E-state index in [1.54, 1.807) is 12.1 Å². The Bertz CT molecular complexity index is 614. The number of phenolic OH excluding ortho intramolecular Hbond substituents is 1. The lowest BCUT2D eigenvalue weighted by atomic mass is 10.0. The van der Waals surface area contributed by atoms with Crippen LogP contribution in [0.4, 0.5) is 5.69 Å². The number of hydrogen-bond acceptors (Lipinski definition) is 4. The number of phenols is 1. The molecule has 21 heavy (non-hydrogen) atoms. The van der Waals surface area contributed by atoms with E-state index in [0.717, 1.165) is 5.69 Å². The molecule has 2 aromatic rings. The van der Waals surface area contributed by atoms with Gasteiger partial charge in [-0.2, -0.15) is 0 Å². The molecule has 0 aliphatic heterocycles. The van der Waals surface area contributed by atoms with Gasteiger partial charge in [-0.15, -0.1) is 0 Å². The Hall–Kier alpha value is -2.69. The van der Waals surface area contributed by atoms with Crippen molar-refractivity contribution in [3.63, 3.8) is 0 Å². The zero-order chi connectivity index (χ0) is 15.2. The van der Waals surface area contributed by atoms with Gasteiger partial charge < -0.3 is 20.9 Å². The average Bonchev–Trinajstić information content (AvgIpc) is 2.48. The lowest BCUT2D eigenvalue weighted by Crippen LogP contribution is -2.27. The Labute approximate surface area is 123 Å². The van der Waals surface area contributed by atoms with Crippen molar-refractivity contribution in [2.45, 2.75) is 13.0 Å². The van der Waals surface area contributed by atoms with Gasteiger partial charge in [0.2, 0.25) is 5.91 Å². The summed E-state index contributed by atoms with van der Waals surface area (Å²) in [6.45, 7) is 2.24. The van der Waals surface area contributed by atoms with Gasteiger partial charge in [-0.1, -0.05) is 24.3 Å². The third-order valence-electron chi connectivity index (χ3n) is 2.99. The Balaban J connectivity index is 2.30. The number of anilines is 1. The maximum Gasteiger partial charge on any atom is 0.244 e. The summed E-state index contributed by atoms with van der Waals surface area (Å²) in [4.78, 5) is 11.7. The highest BCUT2D eigenvalue weighted by Crippen LogP contribution is 2.30. The van der Waals surface area contributed by atoms with Crippen molar-refractivity contribution in [2.24, 2.45) is 5.73 Å². The van der Waals surface area contributed by atoms with Gasteiger partial charge in [0.25, 0.3) is 0 Å². The first-order valence-electron chi connectivity index (χ1n) is 6.68. The Morgan fingerprint density at radius 3 is 2.62 bits per heavy atom. The molecule has 0 aliphatic rings. The number of carbonyl (C=O) groups excluding carboxylic acids is 1. The predicted molar refractivity (Wildman–Crippen MR) is 81.3 cm³/mol. The molecule has 1 atom stereocenters. The molecule has 0 aliphatic carbocycles. The summed E-state index contributed by atoms with van der Waals surface area (Å²) in [6.07, 6.45) is 0. The largest absolute Gasteiger partial charge is 0.504 e. The Kier molecular flexibility index (Phi) is 4.66. The van der Waals surface area contributed by atoms with E-state index in [-0.39, 0.29) is 5.75 Å². The highest BCUT2D eigenvalue weighted by atomic mass is 16.5. The first-order valence-corrected chi connectivity index (χ1v) is 6.68. The van der Waals surface area contributed by atoms with Crippen LogP contribution in [0.2, 0.25) is 0 Å². The third kappa shape index (κ3) is 3.66. The minimum Gasteiger partial charge on any atom is -0.504 e. The Morgan fingerprint density at radius 1 is 1.29 bits per heavy atom. The number of para-hydroxylation sites is 1. The number of hydrogen-bond donors (Lipinski definition) is 3. The van der Waals surface area contributed by atoms with E-state index in [2.05, 4.69) is 5.32 Å². The highest BCUT2D eigenvalue weighted by Gasteiger charge is 2.19. The first kappa shape index (κ1) is 14.7. The molecular weight excluding hydrogens is 268 g/mol. The smallest absolute Gasteiger partial charge is 0.244 e. The fourth-order valence-corrected chi connectivity index (χ4v) is 2.00. The third-order valence-corrected chi connectivity index (χ3v) is 2.99. The molecule has 0 spiro atoms. The summed E-state index contributed by atoms with van der Waals surface area (Å²) in [5.74, 6) is -0.147. The SMILES string of the molecule is CCOc1cc(C(Nc2ccccc2)C(N)=O)ccc1O. The number of rotatable bonds is 6. The predicted octanol–water partition coefficient (Wildman–Crippen LogP) is 2.43. The van der Waals surface area contributed by atoms with Crippen LogP contribution in [0.5, 0.6) is 11.5 Å². The lowest BCUT2D eigenvalue weighted by Gasteiger charge is -2.18. The average molecular weight is 286 g/mol. The number of nitrogens with two attached hydrogens (primary N) is 1. The van der Waals surface area contributed by atoms with Crippen LogP contribution in [-0.4, -0.2) is 17.6 Å². The monoisotopic (exact) mass is 286 g/mol. The minimum absolute atomic E-state index is 0.0310. The van der Waals surface area contributed by atoms with Gasteiger partial charge in [-0.25, -0.2) is 0 Å². The number of benzene rings is 2. The van der Waals surface area contributed by atoms with Crippen LogP contribution in [0.1, 0.15) is 18.5 Å². The van der Waals surface area contributed by atoms with E-state index >= 15 is 0 Å². The van der Waals surface area contributed by atoms with E-state index in [1.165, 1.54) is 6.07 Å². The fourth-order valence-electron chi connectivity index (χ4n) is 2.00. The molecule has 110 valence electrons. The topological polar surface area (TPSA) is 84.6 Å². The van der Waals surface area contributed by atoms with Crippen molar-refractivity contribution in [2.75, 3.05) is 11.9 Å². The summed E-state index contributed by atoms with van der Waals surface area (Å²) in [5, 5.41) is 12.8. The fraction of sp³-hybridized carbons (Fsp3) is 0.188. The molecule has 0 fully saturated rings. The van der Waals surface area contributed by atoms with Crippen LogP contribution < -0.4 is 15.8 Å². The molecule has 1 unspecified atom stereocenters. The van der Waals surface area contributed by atoms with Gasteiger partial charge in [0.1, 0.15) is 6.04 Å². The summed E-state index contributed by atoms with van der Waals surface area (Å²) >= 11 is 0. The second-order valence-electron chi connectivity index (χ2n) is 4.51. The second kappa shape index (κ2) is 6.65. The molecule has 5 heteroatoms. The van der Waals surface area contributed by atoms with Crippen LogP contribution in [0.15, 0.2) is 48.5 Å². The van der Waals surface area contributed by atoms with Crippen molar-refractivity contribution in [3.05, 3.63) is 54.1 Å². The molecule has 0 radical (unpaired) electrons. The highest BCUT2D eigenvalue weighted by molar-refractivity contribution is 5.84. The van der Waals surface area contributed by atoms with Gasteiger partial charge in [0.15, 0.2) is 11.5 Å². The van der Waals surface area contributed by atoms with Crippen molar-refractivity contribution in [1.29, 1.82) is 0 Å². The number of carbonyl (C=O) groups is 1. The zero-order valence-corrected chi connectivity index (χ0v) is 11.7. The minimum atomic E-state index is -0.702. The number of amides is 1. The standard InChI is InChI=1S/C16H18N2O3/c1-2-21-14-10-11(8-9-13(14)19)15(16(17)20)18-12-6-4-3-5-7-12/h3-10,15,18-19H,2H2,1H3,(H2,17,20). The second-order valence-corrected chi connectivity index (χ2v) is 4.51. The van der Waals surface area contributed by atoms with Crippen molar-refractivity contribution < 1.29 is 14.6 Å². The zero-order valence-electron chi connectivity index (χ0n) is 11.7. The molecule has 2 rings (SSSR count). The van der Waals surface area contributed by atoms with E-state index in [1.807, 2.05) is 37.3 Å². The van der Waals surface area contributed by atoms with E-state index in [4.69, 9.17) is 10.5 Å². The van der Waals surface area contributed by atoms with Crippen molar-refractivity contribution in [3.8, 4) is 11.5 Å². The molecule has 0 aromatic heterocycles. The number of ether oxygens (including phenoxy) is 1. The summed E-state index contributed by atoms with van der Waals surface area (Å²) in [7, 11) is 0. The normalized spacial score (nSPS) is 11.7. The Morgan fingerprint density at radius 2 is 2.00 bits per heavy atom. The van der Waals surface area contributed by atoms with Gasteiger partial charge in [0.05, 0.1) is 6.61 Å². The molecule has 5 nitrogen and oxygen atoms in total. The number of primary amides is 1. The maximum absolute atomic E-state index is 11.7. The van der Waals surface area contributed by atoms with Crippen LogP contribution >= 0.6 is 0 Å². The van der Waals surface area contributed by atoms with Crippen molar-refractivity contribution in [1.82, 2.24) is 0 Å². The van der Waals surface area contributed by atoms with Gasteiger partial charge >= 0.3 is 0 Å². The summed E-state index contributed by atoms with van der Waals surface area (Å²) in [5.41, 5.74) is 6.89. The molecule has 1 amide bonds. The summed E-state index contributed by atoms with van der Waals surface area (Å²) < 4.78 is 5.33. The van der Waals surface area contributed by atoms with E-state index in [9.17, 15) is 9.90 Å². The molecule has 0 heterocycles. The van der Waals surface area contributed by atoms with Crippen LogP contribution in [0.3, 0.4) is 0 Å². The molecular formula is C16H18N2O3. The lowest BCUT2D eigenvalue weighted by molar-refractivity contribution is -0.118. The van der Waals surface area contributed by atoms with Crippen LogP contribution in [0.25, 0.3) is 0 Å². The molecule has 4 N–H and O–H groups in total. The van der Waals surface area contributed by atoms with Gasteiger partial charge in [-0.05, 0) is 36.8 Å². The molecule has 2 aromatic carbocycles. The van der Waals surface area contributed by atoms with Crippen molar-refractivity contribution >= 4 is 11.6 Å². The van der Waals surface area contributed by atoms with E-state index < -0.39 is 11.9 Å². The number of nitrogens with one attached hydrogen (secondary N) is 1. The van der Waals surface area contributed by atoms with E-state index in [0.29, 0.717) is 17.9 Å². The molecule has 0 saturated heterocycles. The first-order chi connectivity index (χ1) is 10.1. The number of aromatic hydroxyl groups is 1. The van der Waals surface area contributed by atoms with Crippen LogP contribution in [-0.2, 0) is 4.79 Å².